The summed E-state index contributed by atoms with van der Waals surface area (Å²) in [7, 11) is 0. The highest BCUT2D eigenvalue weighted by Crippen LogP contribution is 2.33. The van der Waals surface area contributed by atoms with Crippen LogP contribution in [-0.2, 0) is 11.0 Å². The van der Waals surface area contributed by atoms with Crippen LogP contribution in [0.4, 0.5) is 24.5 Å². The summed E-state index contributed by atoms with van der Waals surface area (Å²) in [6, 6.07) is 11.4. The summed E-state index contributed by atoms with van der Waals surface area (Å²) in [5, 5.41) is 9.53. The van der Waals surface area contributed by atoms with Crippen molar-refractivity contribution in [1.82, 2.24) is 0 Å². The van der Waals surface area contributed by atoms with Crippen LogP contribution in [0.1, 0.15) is 18.4 Å². The highest BCUT2D eigenvalue weighted by atomic mass is 35.5. The highest BCUT2D eigenvalue weighted by molar-refractivity contribution is 6.44. The number of anilines is 2. The number of halogens is 4. The van der Waals surface area contributed by atoms with Crippen LogP contribution < -0.4 is 10.3 Å². The number of amides is 1. The van der Waals surface area contributed by atoms with Gasteiger partial charge in [0.2, 0.25) is 0 Å². The molecule has 1 aliphatic heterocycles. The van der Waals surface area contributed by atoms with E-state index in [-0.39, 0.29) is 11.7 Å². The van der Waals surface area contributed by atoms with E-state index in [1.165, 1.54) is 12.1 Å². The van der Waals surface area contributed by atoms with Crippen molar-refractivity contribution in [3.8, 4) is 0 Å². The molecule has 4 rings (SSSR count). The maximum absolute atomic E-state index is 12.7. The molecular weight excluding hydrogens is 415 g/mol. The van der Waals surface area contributed by atoms with Crippen LogP contribution in [0, 0.1) is 0 Å². The third kappa shape index (κ3) is 4.26. The lowest BCUT2D eigenvalue weighted by atomic mass is 10.00. The average Bonchev–Trinajstić information content (AvgIpc) is 3.38. The molecule has 1 unspecified atom stereocenters. The Kier molecular flexibility index (Phi) is 5.39. The Labute approximate surface area is 176 Å². The number of nitrogens with zero attached hydrogens (tertiary/aromatic N) is 2. The van der Waals surface area contributed by atoms with Crippen molar-refractivity contribution in [2.24, 2.45) is 5.10 Å². The van der Waals surface area contributed by atoms with E-state index < -0.39 is 17.6 Å². The molecule has 1 N–H and O–H groups in total. The Bertz CT molecular complexity index is 1040. The smallest absolute Gasteiger partial charge is 0.321 e. The van der Waals surface area contributed by atoms with Crippen LogP contribution in [0.5, 0.6) is 0 Å². The van der Waals surface area contributed by atoms with Crippen molar-refractivity contribution in [2.75, 3.05) is 10.3 Å². The van der Waals surface area contributed by atoms with Crippen molar-refractivity contribution >= 4 is 34.6 Å². The van der Waals surface area contributed by atoms with E-state index in [1.807, 2.05) is 30.4 Å². The second kappa shape index (κ2) is 7.99. The molecule has 1 aliphatic carbocycles. The topological polar surface area (TPSA) is 44.7 Å². The summed E-state index contributed by atoms with van der Waals surface area (Å²) >= 11 is 5.98. The number of rotatable bonds is 4. The van der Waals surface area contributed by atoms with Gasteiger partial charge in [-0.25, -0.2) is 0 Å². The lowest BCUT2D eigenvalue weighted by Gasteiger charge is -2.24. The first-order valence-electron chi connectivity index (χ1n) is 9.28. The average molecular weight is 432 g/mol. The molecule has 2 aliphatic rings. The van der Waals surface area contributed by atoms with Crippen molar-refractivity contribution < 1.29 is 18.0 Å². The van der Waals surface area contributed by atoms with Gasteiger partial charge < -0.3 is 5.32 Å². The fourth-order valence-electron chi connectivity index (χ4n) is 3.42. The summed E-state index contributed by atoms with van der Waals surface area (Å²) in [6.07, 6.45) is 2.76. The Morgan fingerprint density at radius 2 is 1.80 bits per heavy atom. The van der Waals surface area contributed by atoms with Gasteiger partial charge in [0.15, 0.2) is 0 Å². The molecule has 30 heavy (non-hydrogen) atoms. The van der Waals surface area contributed by atoms with Gasteiger partial charge in [0, 0.05) is 17.1 Å². The molecule has 0 saturated heterocycles. The van der Waals surface area contributed by atoms with Gasteiger partial charge in [-0.3, -0.25) is 9.80 Å². The minimum atomic E-state index is -4.42. The molecule has 4 nitrogen and oxygen atoms in total. The zero-order valence-electron chi connectivity index (χ0n) is 15.7. The Morgan fingerprint density at radius 1 is 1.10 bits per heavy atom. The van der Waals surface area contributed by atoms with Gasteiger partial charge in [-0.15, -0.1) is 0 Å². The molecule has 0 aromatic heterocycles. The molecule has 1 heterocycles. The minimum Gasteiger partial charge on any atom is -0.321 e. The first-order valence-corrected chi connectivity index (χ1v) is 9.65. The molecule has 8 heteroatoms. The number of nitrogens with one attached hydrogen (secondary N) is 1. The third-order valence-corrected chi connectivity index (χ3v) is 5.21. The Hall–Kier alpha value is -3.06. The summed E-state index contributed by atoms with van der Waals surface area (Å²) in [6.45, 7) is 0. The normalized spacial score (nSPS) is 18.4. The number of carbonyl (C=O) groups is 1. The quantitative estimate of drug-likeness (QED) is 0.663. The van der Waals surface area contributed by atoms with Crippen LogP contribution >= 0.6 is 11.6 Å². The van der Waals surface area contributed by atoms with Crippen molar-refractivity contribution in [2.45, 2.75) is 25.1 Å². The van der Waals surface area contributed by atoms with Crippen molar-refractivity contribution in [1.29, 1.82) is 0 Å². The Morgan fingerprint density at radius 3 is 2.40 bits per heavy atom. The monoisotopic (exact) mass is 431 g/mol. The number of allylic oxidation sites excluding steroid dienone is 3. The van der Waals surface area contributed by atoms with Gasteiger partial charge in [0.1, 0.15) is 5.71 Å². The summed E-state index contributed by atoms with van der Waals surface area (Å²) < 4.78 is 38.2. The van der Waals surface area contributed by atoms with Gasteiger partial charge in [0.25, 0.3) is 5.91 Å². The first kappa shape index (κ1) is 20.2. The van der Waals surface area contributed by atoms with Crippen LogP contribution in [0.15, 0.2) is 77.4 Å². The SMILES string of the molecule is O=C(Nc1ccc(C(F)(F)F)cc1)C1=NN(c2ccc(Cl)cc2)C(C2=CC=CC2)C1. The first-order chi connectivity index (χ1) is 14.3. The molecule has 0 fully saturated rings. The number of alkyl halides is 3. The van der Waals surface area contributed by atoms with E-state index in [2.05, 4.69) is 10.4 Å². The van der Waals surface area contributed by atoms with Crippen LogP contribution in [0.2, 0.25) is 5.02 Å². The second-order valence-corrected chi connectivity index (χ2v) is 7.43. The number of carbonyl (C=O) groups excluding carboxylic acids is 1. The minimum absolute atomic E-state index is 0.116. The number of benzene rings is 2. The molecule has 0 bridgehead atoms. The van der Waals surface area contributed by atoms with Gasteiger partial charge in [0.05, 0.1) is 17.3 Å². The van der Waals surface area contributed by atoms with E-state index in [1.54, 1.807) is 17.1 Å². The Balaban J connectivity index is 1.54. The largest absolute Gasteiger partial charge is 0.416 e. The van der Waals surface area contributed by atoms with Gasteiger partial charge in [-0.05, 0) is 60.5 Å². The van der Waals surface area contributed by atoms with Crippen LogP contribution in [0.3, 0.4) is 0 Å². The lowest BCUT2D eigenvalue weighted by molar-refractivity contribution is -0.137. The fourth-order valence-corrected chi connectivity index (χ4v) is 3.55. The predicted octanol–water partition coefficient (Wildman–Crippen LogP) is 5.82. The van der Waals surface area contributed by atoms with Gasteiger partial charge in [-0.1, -0.05) is 29.8 Å². The molecule has 2 aromatic rings. The van der Waals surface area contributed by atoms with Crippen molar-refractivity contribution in [3.05, 3.63) is 82.9 Å². The third-order valence-electron chi connectivity index (χ3n) is 4.96. The maximum atomic E-state index is 12.7. The molecule has 1 atom stereocenters. The van der Waals surface area contributed by atoms with Gasteiger partial charge >= 0.3 is 6.18 Å². The lowest BCUT2D eigenvalue weighted by Crippen LogP contribution is -2.28. The van der Waals surface area contributed by atoms with E-state index in [9.17, 15) is 18.0 Å². The van der Waals surface area contributed by atoms with Crippen LogP contribution in [-0.4, -0.2) is 17.7 Å². The molecule has 1 amide bonds. The summed E-state index contributed by atoms with van der Waals surface area (Å²) in [5.41, 5.74) is 1.75. The molecular formula is C22H17ClF3N3O. The second-order valence-electron chi connectivity index (χ2n) is 6.99. The molecule has 2 aromatic carbocycles. The van der Waals surface area contributed by atoms with E-state index in [0.717, 1.165) is 29.8 Å². The van der Waals surface area contributed by atoms with E-state index in [4.69, 9.17) is 11.6 Å². The fraction of sp³-hybridized carbons (Fsp3) is 0.182. The summed E-state index contributed by atoms with van der Waals surface area (Å²) in [4.78, 5) is 12.7. The van der Waals surface area contributed by atoms with Crippen LogP contribution in [0.25, 0.3) is 0 Å². The zero-order valence-corrected chi connectivity index (χ0v) is 16.4. The predicted molar refractivity (Wildman–Crippen MR) is 112 cm³/mol. The number of hydrogen-bond donors (Lipinski definition) is 1. The standard InChI is InChI=1S/C22H17ClF3N3O/c23-16-7-11-18(12-8-16)29-20(14-3-1-2-4-14)13-19(28-29)21(30)27-17-9-5-15(6-10-17)22(24,25)26/h1-3,5-12,20H,4,13H2,(H,27,30). The molecule has 0 saturated carbocycles. The summed E-state index contributed by atoms with van der Waals surface area (Å²) in [5.74, 6) is -0.442. The van der Waals surface area contributed by atoms with Crippen molar-refractivity contribution in [3.63, 3.8) is 0 Å². The molecule has 154 valence electrons. The highest BCUT2D eigenvalue weighted by Gasteiger charge is 2.34. The van der Waals surface area contributed by atoms with Gasteiger partial charge in [-0.2, -0.15) is 18.3 Å². The maximum Gasteiger partial charge on any atom is 0.416 e. The number of hydrazone groups is 1. The number of hydrogen-bond acceptors (Lipinski definition) is 3. The van der Waals surface area contributed by atoms with E-state index >= 15 is 0 Å². The zero-order chi connectivity index (χ0) is 21.3. The molecule has 0 radical (unpaired) electrons. The van der Waals surface area contributed by atoms with E-state index in [0.29, 0.717) is 17.2 Å². The molecule has 0 spiro atoms.